The van der Waals surface area contributed by atoms with E-state index in [4.69, 9.17) is 16.1 Å². The van der Waals surface area contributed by atoms with Crippen molar-refractivity contribution < 1.29 is 9.32 Å². The maximum Gasteiger partial charge on any atom is 0.352 e. The molecule has 2 heterocycles. The van der Waals surface area contributed by atoms with Gasteiger partial charge in [0.2, 0.25) is 17.6 Å². The lowest BCUT2D eigenvalue weighted by atomic mass is 10.1. The third-order valence-electron chi connectivity index (χ3n) is 5.35. The van der Waals surface area contributed by atoms with Gasteiger partial charge in [-0.1, -0.05) is 34.5 Å². The van der Waals surface area contributed by atoms with Gasteiger partial charge < -0.3 is 9.84 Å². The van der Waals surface area contributed by atoms with Crippen LogP contribution in [0.3, 0.4) is 0 Å². The van der Waals surface area contributed by atoms with E-state index in [9.17, 15) is 14.4 Å². The van der Waals surface area contributed by atoms with E-state index in [0.29, 0.717) is 10.7 Å². The molecule has 2 aromatic heterocycles. The fourth-order valence-corrected chi connectivity index (χ4v) is 3.65. The smallest absolute Gasteiger partial charge is 0.339 e. The van der Waals surface area contributed by atoms with Crippen LogP contribution in [-0.2, 0) is 17.8 Å². The molecule has 4 rings (SSSR count). The number of benzene rings is 2. The van der Waals surface area contributed by atoms with Gasteiger partial charge in [0.15, 0.2) is 5.69 Å². The largest absolute Gasteiger partial charge is 0.352 e. The number of rotatable bonds is 7. The lowest BCUT2D eigenvalue weighted by Gasteiger charge is -2.09. The molecular formula is C24H23ClN6O4. The Hall–Kier alpha value is -4.05. The van der Waals surface area contributed by atoms with Crippen LogP contribution in [0, 0.1) is 13.8 Å². The highest BCUT2D eigenvalue weighted by Crippen LogP contribution is 2.17. The summed E-state index contributed by atoms with van der Waals surface area (Å²) in [5, 5.41) is 11.4. The van der Waals surface area contributed by atoms with Crippen LogP contribution in [-0.4, -0.2) is 30.4 Å². The molecule has 0 saturated carbocycles. The molecule has 0 bridgehead atoms. The number of aryl methyl sites for hydroxylation is 3. The number of hydrogen-bond acceptors (Lipinski definition) is 7. The molecule has 0 unspecified atom stereocenters. The van der Waals surface area contributed by atoms with Crippen LogP contribution in [0.25, 0.3) is 17.2 Å². The average Bonchev–Trinajstić information content (AvgIpc) is 3.30. The lowest BCUT2D eigenvalue weighted by Crippen LogP contribution is -2.41. The molecule has 180 valence electrons. The summed E-state index contributed by atoms with van der Waals surface area (Å²) in [6.45, 7) is 5.71. The third kappa shape index (κ3) is 5.22. The molecule has 0 aliphatic rings. The summed E-state index contributed by atoms with van der Waals surface area (Å²) in [6, 6.07) is 12.2. The Kier molecular flexibility index (Phi) is 6.92. The van der Waals surface area contributed by atoms with Crippen molar-refractivity contribution in [2.24, 2.45) is 0 Å². The van der Waals surface area contributed by atoms with Crippen LogP contribution >= 0.6 is 11.6 Å². The summed E-state index contributed by atoms with van der Waals surface area (Å²) in [4.78, 5) is 42.3. The minimum absolute atomic E-state index is 0.0651. The molecule has 0 aliphatic heterocycles. The number of carbonyl (C=O) groups excluding carboxylic acids is 1. The van der Waals surface area contributed by atoms with E-state index in [1.54, 1.807) is 31.2 Å². The standard InChI is InChI=1S/C24H23ClN6O4/c1-4-30-23(33)21(28-31(24(30)34)17-8-6-16(25)7-9-17)22-27-20(35-29-22)12-11-19(32)26-18-10-5-14(2)13-15(18)3/h5-10,13H,4,11-12H2,1-3H3,(H,26,32). The van der Waals surface area contributed by atoms with Gasteiger partial charge in [-0.3, -0.25) is 14.2 Å². The Balaban J connectivity index is 1.56. The highest BCUT2D eigenvalue weighted by atomic mass is 35.5. The number of nitrogens with one attached hydrogen (secondary N) is 1. The number of aromatic nitrogens is 5. The quantitative estimate of drug-likeness (QED) is 0.417. The first-order valence-electron chi connectivity index (χ1n) is 11.0. The summed E-state index contributed by atoms with van der Waals surface area (Å²) >= 11 is 5.94. The molecule has 10 nitrogen and oxygen atoms in total. The number of hydrogen-bond donors (Lipinski definition) is 1. The van der Waals surface area contributed by atoms with Crippen molar-refractivity contribution in [2.75, 3.05) is 5.32 Å². The topological polar surface area (TPSA) is 125 Å². The van der Waals surface area contributed by atoms with E-state index in [0.717, 1.165) is 26.1 Å². The van der Waals surface area contributed by atoms with Crippen LogP contribution in [0.15, 0.2) is 56.6 Å². The first-order chi connectivity index (χ1) is 16.8. The zero-order valence-electron chi connectivity index (χ0n) is 19.4. The van der Waals surface area contributed by atoms with Crippen LogP contribution in [0.2, 0.25) is 5.02 Å². The number of carbonyl (C=O) groups is 1. The van der Waals surface area contributed by atoms with Gasteiger partial charge >= 0.3 is 5.69 Å². The van der Waals surface area contributed by atoms with E-state index >= 15 is 0 Å². The van der Waals surface area contributed by atoms with Gasteiger partial charge in [-0.05, 0) is 56.7 Å². The first kappa shape index (κ1) is 24.1. The van der Waals surface area contributed by atoms with Crippen LogP contribution in [0.1, 0.15) is 30.4 Å². The Labute approximate surface area is 205 Å². The number of amides is 1. The SMILES string of the molecule is CCn1c(=O)c(-c2noc(CCC(=O)Nc3ccc(C)cc3C)n2)nn(-c2ccc(Cl)cc2)c1=O. The van der Waals surface area contributed by atoms with Gasteiger partial charge in [0.1, 0.15) is 0 Å². The molecule has 0 spiro atoms. The van der Waals surface area contributed by atoms with E-state index in [1.165, 1.54) is 0 Å². The summed E-state index contributed by atoms with van der Waals surface area (Å²) in [7, 11) is 0. The third-order valence-corrected chi connectivity index (χ3v) is 5.60. The second-order valence-electron chi connectivity index (χ2n) is 7.95. The van der Waals surface area contributed by atoms with Crippen molar-refractivity contribution in [3.63, 3.8) is 0 Å². The Morgan fingerprint density at radius 3 is 2.54 bits per heavy atom. The maximum atomic E-state index is 12.9. The number of anilines is 1. The van der Waals surface area contributed by atoms with E-state index < -0.39 is 11.2 Å². The highest BCUT2D eigenvalue weighted by Gasteiger charge is 2.20. The van der Waals surface area contributed by atoms with Crippen molar-refractivity contribution in [3.05, 3.63) is 85.3 Å². The van der Waals surface area contributed by atoms with Crippen LogP contribution in [0.5, 0.6) is 0 Å². The van der Waals surface area contributed by atoms with Crippen molar-refractivity contribution in [1.29, 1.82) is 0 Å². The van der Waals surface area contributed by atoms with Crippen molar-refractivity contribution in [1.82, 2.24) is 24.5 Å². The molecule has 11 heteroatoms. The number of halogens is 1. The van der Waals surface area contributed by atoms with Crippen molar-refractivity contribution in [3.8, 4) is 17.2 Å². The first-order valence-corrected chi connectivity index (χ1v) is 11.3. The second-order valence-corrected chi connectivity index (χ2v) is 8.38. The second kappa shape index (κ2) is 10.1. The molecular weight excluding hydrogens is 472 g/mol. The van der Waals surface area contributed by atoms with E-state index in [-0.39, 0.29) is 42.7 Å². The maximum absolute atomic E-state index is 12.9. The van der Waals surface area contributed by atoms with Crippen LogP contribution < -0.4 is 16.6 Å². The van der Waals surface area contributed by atoms with Gasteiger partial charge in [0, 0.05) is 30.1 Å². The molecule has 0 atom stereocenters. The van der Waals surface area contributed by atoms with E-state index in [2.05, 4.69) is 20.6 Å². The molecule has 2 aromatic carbocycles. The normalized spacial score (nSPS) is 11.0. The fourth-order valence-electron chi connectivity index (χ4n) is 3.52. The Morgan fingerprint density at radius 1 is 1.11 bits per heavy atom. The van der Waals surface area contributed by atoms with Crippen LogP contribution in [0.4, 0.5) is 5.69 Å². The monoisotopic (exact) mass is 494 g/mol. The minimum atomic E-state index is -0.636. The molecule has 1 amide bonds. The van der Waals surface area contributed by atoms with Gasteiger partial charge in [-0.25, -0.2) is 4.79 Å². The summed E-state index contributed by atoms with van der Waals surface area (Å²) in [5.74, 6) is -0.103. The van der Waals surface area contributed by atoms with Crippen molar-refractivity contribution in [2.45, 2.75) is 40.2 Å². The van der Waals surface area contributed by atoms with Gasteiger partial charge in [-0.15, -0.1) is 0 Å². The van der Waals surface area contributed by atoms with Crippen molar-refractivity contribution >= 4 is 23.2 Å². The molecule has 0 fully saturated rings. The summed E-state index contributed by atoms with van der Waals surface area (Å²) in [6.07, 6.45) is 0.272. The highest BCUT2D eigenvalue weighted by molar-refractivity contribution is 6.30. The van der Waals surface area contributed by atoms with E-state index in [1.807, 2.05) is 32.0 Å². The zero-order valence-corrected chi connectivity index (χ0v) is 20.2. The molecule has 1 N–H and O–H groups in total. The minimum Gasteiger partial charge on any atom is -0.339 e. The average molecular weight is 495 g/mol. The molecule has 35 heavy (non-hydrogen) atoms. The predicted octanol–water partition coefficient (Wildman–Crippen LogP) is 3.31. The summed E-state index contributed by atoms with van der Waals surface area (Å²) < 4.78 is 7.36. The van der Waals surface area contributed by atoms with Gasteiger partial charge in [0.25, 0.3) is 5.56 Å². The lowest BCUT2D eigenvalue weighted by molar-refractivity contribution is -0.116. The molecule has 4 aromatic rings. The zero-order chi connectivity index (χ0) is 25.1. The summed E-state index contributed by atoms with van der Waals surface area (Å²) in [5.41, 5.74) is 1.86. The van der Waals surface area contributed by atoms with Gasteiger partial charge in [-0.2, -0.15) is 14.8 Å². The fraction of sp³-hybridized carbons (Fsp3) is 0.250. The Morgan fingerprint density at radius 2 is 1.86 bits per heavy atom. The number of nitrogens with zero attached hydrogens (tertiary/aromatic N) is 5. The predicted molar refractivity (Wildman–Crippen MR) is 131 cm³/mol. The molecule has 0 aliphatic carbocycles. The molecule has 0 radical (unpaired) electrons. The van der Waals surface area contributed by atoms with Gasteiger partial charge in [0.05, 0.1) is 5.69 Å². The Bertz CT molecular complexity index is 1500. The molecule has 0 saturated heterocycles.